The maximum atomic E-state index is 11.2. The van der Waals surface area contributed by atoms with Crippen molar-refractivity contribution in [3.05, 3.63) is 223 Å². The van der Waals surface area contributed by atoms with Crippen molar-refractivity contribution in [1.29, 1.82) is 0 Å². The van der Waals surface area contributed by atoms with Crippen LogP contribution in [0.3, 0.4) is 0 Å². The number of hydrogen-bond donors (Lipinski definition) is 4. The van der Waals surface area contributed by atoms with Crippen LogP contribution in [0.5, 0.6) is 23.0 Å². The van der Waals surface area contributed by atoms with Crippen LogP contribution >= 0.6 is 55.1 Å². The van der Waals surface area contributed by atoms with Gasteiger partial charge in [-0.3, -0.25) is 9.97 Å². The molecule has 8 aromatic rings. The molecule has 77 heavy (non-hydrogen) atoms. The third-order valence-corrected chi connectivity index (χ3v) is 14.0. The Kier molecular flexibility index (Phi) is 24.5. The number of pyridine rings is 2. The van der Waals surface area contributed by atoms with Gasteiger partial charge >= 0.3 is 37.7 Å². The van der Waals surface area contributed by atoms with Crippen LogP contribution in [0.4, 0.5) is 0 Å². The normalized spacial score (nSPS) is 11.5. The molecule has 0 aliphatic heterocycles. The first-order valence-electron chi connectivity index (χ1n) is 23.6. The monoisotopic (exact) mass is 1230 g/mol. The summed E-state index contributed by atoms with van der Waals surface area (Å²) in [5.74, 6) is -1.08. The topological polar surface area (TPSA) is 207 Å². The maximum absolute atomic E-state index is 11.2. The number of nitrogens with zero attached hydrogens (tertiary/aromatic N) is 2. The quantitative estimate of drug-likeness (QED) is 0.0418. The van der Waals surface area contributed by atoms with E-state index in [0.29, 0.717) is 44.2 Å². The Hall–Kier alpha value is -5.60. The average Bonchev–Trinajstić information content (AvgIpc) is 3.44. The van der Waals surface area contributed by atoms with Crippen LogP contribution in [0.25, 0.3) is 22.3 Å². The Balaban J connectivity index is 0.000000246. The first-order valence-corrected chi connectivity index (χ1v) is 26.0. The van der Waals surface area contributed by atoms with Crippen LogP contribution in [0.1, 0.15) is 33.4 Å². The minimum Gasteiger partial charge on any atom is -0.548 e. The van der Waals surface area contributed by atoms with Gasteiger partial charge in [0.05, 0.1) is 47.3 Å². The molecule has 4 N–H and O–H groups in total. The second-order valence-electron chi connectivity index (χ2n) is 16.8. The van der Waals surface area contributed by atoms with Gasteiger partial charge in [-0.1, -0.05) is 132 Å². The summed E-state index contributed by atoms with van der Waals surface area (Å²) >= 11 is 20.5. The van der Waals surface area contributed by atoms with Crippen molar-refractivity contribution in [3.63, 3.8) is 0 Å². The van der Waals surface area contributed by atoms with Crippen molar-refractivity contribution >= 4 is 105 Å². The third-order valence-electron chi connectivity index (χ3n) is 11.6. The molecule has 6 aromatic carbocycles. The number of aliphatic hydroxyl groups excluding tert-OH is 2. The number of carbonyl (C=O) groups excluding carboxylic acids is 2. The summed E-state index contributed by atoms with van der Waals surface area (Å²) in [4.78, 5) is 30.6. The van der Waals surface area contributed by atoms with E-state index < -0.39 is 37.2 Å². The summed E-state index contributed by atoms with van der Waals surface area (Å²) < 4.78 is 26.2. The largest absolute Gasteiger partial charge is 2.00 e. The van der Waals surface area contributed by atoms with Crippen molar-refractivity contribution in [2.45, 2.75) is 51.6 Å². The Bertz CT molecular complexity index is 2960. The van der Waals surface area contributed by atoms with E-state index in [1.807, 2.05) is 121 Å². The number of aliphatic hydroxyl groups is 2. The molecule has 0 saturated heterocycles. The molecule has 0 amide bonds. The van der Waals surface area contributed by atoms with Crippen molar-refractivity contribution in [2.75, 3.05) is 13.2 Å². The first-order chi connectivity index (χ1) is 36.9. The van der Waals surface area contributed by atoms with Gasteiger partial charge in [0.1, 0.15) is 49.4 Å². The second kappa shape index (κ2) is 31.1. The van der Waals surface area contributed by atoms with Crippen LogP contribution in [0.2, 0.25) is 10.0 Å². The number of ether oxygens (including phenoxy) is 4. The molecule has 392 valence electrons. The number of benzene rings is 6. The van der Waals surface area contributed by atoms with Crippen LogP contribution in [0, 0.1) is 0 Å². The average molecular weight is 1230 g/mol. The van der Waals surface area contributed by atoms with E-state index in [9.17, 15) is 30.0 Å². The predicted molar refractivity (Wildman–Crippen MR) is 299 cm³/mol. The smallest absolute Gasteiger partial charge is 0.548 e. The number of carboxylic acids is 2. The van der Waals surface area contributed by atoms with Crippen molar-refractivity contribution < 1.29 is 49.0 Å². The molecule has 2 atom stereocenters. The molecule has 0 bridgehead atoms. The maximum Gasteiger partial charge on any atom is 2.00 e. The zero-order valence-corrected chi connectivity index (χ0v) is 48.1. The van der Waals surface area contributed by atoms with Crippen LogP contribution < -0.4 is 39.8 Å². The molecule has 2 aromatic heterocycles. The minimum absolute atomic E-state index is 0. The van der Waals surface area contributed by atoms with Gasteiger partial charge in [0.15, 0.2) is 0 Å². The standard InChI is InChI=1S/2C29H26BrClN2O5.Ca/c2*30-28-21(9-4-10-23(28)20-7-2-1-3-8-20)18-38-27-13-26(37-17-19-6-5-11-32-14-19)22(12-24(27)31)15-33-25(16-34)29(35)36;/h2*1-14,25,33-34H,15-18H2,(H,35,36);/q;;+2/p-2/t2*25-;/m00./s1. The zero-order valence-electron chi connectivity index (χ0n) is 41.3. The van der Waals surface area contributed by atoms with Gasteiger partial charge in [-0.05, 0) is 78.4 Å². The molecule has 8 rings (SSSR count). The number of carbonyl (C=O) groups is 2. The van der Waals surface area contributed by atoms with Gasteiger partial charge in [0.2, 0.25) is 0 Å². The van der Waals surface area contributed by atoms with Crippen molar-refractivity contribution in [1.82, 2.24) is 20.6 Å². The van der Waals surface area contributed by atoms with Gasteiger partial charge < -0.3 is 59.6 Å². The van der Waals surface area contributed by atoms with Crippen LogP contribution in [0.15, 0.2) is 179 Å². The summed E-state index contributed by atoms with van der Waals surface area (Å²) in [5.41, 5.74) is 9.03. The van der Waals surface area contributed by atoms with E-state index in [-0.39, 0.29) is 77.3 Å². The molecule has 0 spiro atoms. The fourth-order valence-electron chi connectivity index (χ4n) is 7.49. The Morgan fingerprint density at radius 1 is 0.506 bits per heavy atom. The van der Waals surface area contributed by atoms with Gasteiger partial charge in [-0.2, -0.15) is 0 Å². The second-order valence-corrected chi connectivity index (χ2v) is 19.2. The van der Waals surface area contributed by atoms with E-state index in [1.165, 1.54) is 0 Å². The molecule has 19 heteroatoms. The molecule has 0 saturated carbocycles. The van der Waals surface area contributed by atoms with E-state index in [2.05, 4.69) is 52.5 Å². The number of nitrogens with one attached hydrogen (secondary N) is 2. The Morgan fingerprint density at radius 2 is 0.896 bits per heavy atom. The minimum atomic E-state index is -1.40. The van der Waals surface area contributed by atoms with Gasteiger partial charge in [0.25, 0.3) is 0 Å². The third kappa shape index (κ3) is 17.7. The van der Waals surface area contributed by atoms with Gasteiger partial charge in [-0.15, -0.1) is 0 Å². The summed E-state index contributed by atoms with van der Waals surface area (Å²) in [6.45, 7) is -0.110. The Morgan fingerprint density at radius 3 is 1.25 bits per heavy atom. The van der Waals surface area contributed by atoms with Crippen LogP contribution in [-0.4, -0.2) is 95.2 Å². The molecule has 0 radical (unpaired) electrons. The number of hydrogen-bond acceptors (Lipinski definition) is 14. The number of carboxylic acid groups (broad SMARTS) is 2. The summed E-state index contributed by atoms with van der Waals surface area (Å²) in [7, 11) is 0. The Labute approximate surface area is 502 Å². The van der Waals surface area contributed by atoms with Gasteiger partial charge in [-0.25, -0.2) is 0 Å². The van der Waals surface area contributed by atoms with E-state index in [1.54, 1.807) is 49.1 Å². The summed E-state index contributed by atoms with van der Waals surface area (Å²) in [6.07, 6.45) is 6.74. The summed E-state index contributed by atoms with van der Waals surface area (Å²) in [5, 5.41) is 47.2. The summed E-state index contributed by atoms with van der Waals surface area (Å²) in [6, 6.07) is 43.6. The molecule has 2 heterocycles. The molecule has 0 aliphatic rings. The number of aromatic nitrogens is 2. The zero-order chi connectivity index (χ0) is 53.8. The fourth-order valence-corrected chi connectivity index (χ4v) is 9.19. The predicted octanol–water partition coefficient (Wildman–Crippen LogP) is 8.67. The number of halogens is 4. The van der Waals surface area contributed by atoms with E-state index in [4.69, 9.17) is 42.1 Å². The number of rotatable bonds is 24. The molecule has 0 unspecified atom stereocenters. The SMILES string of the molecule is O=C([O-])[C@H](CO)NCc1cc(Cl)c(OCc2cccc(-c3ccccc3)c2Br)cc1OCc1cccnc1.O=C([O-])[C@H](CO)NCc1cc(Cl)c(OCc2cccc(-c3ccccc3)c2Br)cc1OCc1cccnc1.[Ca+2]. The van der Waals surface area contributed by atoms with E-state index >= 15 is 0 Å². The number of aliphatic carboxylic acids is 2. The first kappa shape index (κ1) is 60.6. The van der Waals surface area contributed by atoms with Crippen molar-refractivity contribution in [3.8, 4) is 45.3 Å². The molecule has 14 nitrogen and oxygen atoms in total. The van der Waals surface area contributed by atoms with Crippen LogP contribution in [-0.2, 0) is 49.1 Å². The molecular weight excluding hydrogens is 1180 g/mol. The molecule has 0 fully saturated rings. The van der Waals surface area contributed by atoms with Crippen molar-refractivity contribution in [2.24, 2.45) is 0 Å². The van der Waals surface area contributed by atoms with E-state index in [0.717, 1.165) is 53.5 Å². The molecular formula is C58H50Br2CaCl2N4O10. The molecule has 0 aliphatic carbocycles. The van der Waals surface area contributed by atoms with Gasteiger partial charge in [0, 0.05) is 92.3 Å². The fraction of sp³-hybridized carbons (Fsp3) is 0.172.